The van der Waals surface area contributed by atoms with Crippen LogP contribution in [0.3, 0.4) is 0 Å². The van der Waals surface area contributed by atoms with Gasteiger partial charge in [0.2, 0.25) is 8.32 Å². The van der Waals surface area contributed by atoms with Crippen LogP contribution in [0.4, 0.5) is 0 Å². The number of carbonyl (C=O) groups excluding carboxylic acids is 3. The number of likely N-dealkylation sites (tertiary alicyclic amines) is 1. The average molecular weight is 588 g/mol. The Morgan fingerprint density at radius 3 is 2.50 bits per heavy atom. The molecule has 3 aromatic rings. The second kappa shape index (κ2) is 11.5. The SMILES string of the molecule is C=C(C)C1(NC(=O)COc2ccccc2)C(=O)N(CC(=O)O[Si](C)(C)C)C1SSc1nc2ccccc2s1. The van der Waals surface area contributed by atoms with Gasteiger partial charge < -0.3 is 19.4 Å². The number of carbonyl (C=O) groups is 3. The second-order valence-electron chi connectivity index (χ2n) is 9.74. The molecule has 38 heavy (non-hydrogen) atoms. The number of rotatable bonds is 11. The molecule has 12 heteroatoms. The van der Waals surface area contributed by atoms with Crippen molar-refractivity contribution in [2.45, 2.75) is 41.8 Å². The zero-order valence-electron chi connectivity index (χ0n) is 21.6. The predicted octanol–water partition coefficient (Wildman–Crippen LogP) is 5.09. The number of nitrogens with one attached hydrogen (secondary N) is 1. The van der Waals surface area contributed by atoms with Crippen LogP contribution in [0.15, 0.2) is 71.1 Å². The molecule has 8 nitrogen and oxygen atoms in total. The van der Waals surface area contributed by atoms with Gasteiger partial charge in [0.15, 0.2) is 16.5 Å². The van der Waals surface area contributed by atoms with E-state index in [2.05, 4.69) is 16.9 Å². The van der Waals surface area contributed by atoms with Gasteiger partial charge in [0.1, 0.15) is 17.7 Å². The molecule has 1 N–H and O–H groups in total. The lowest BCUT2D eigenvalue weighted by atomic mass is 9.81. The topological polar surface area (TPSA) is 97.8 Å². The highest BCUT2D eigenvalue weighted by atomic mass is 33.1. The molecular formula is C26H29N3O5S3Si. The molecule has 2 amide bonds. The number of nitrogens with zero attached hydrogens (tertiary/aromatic N) is 2. The van der Waals surface area contributed by atoms with Crippen LogP contribution in [0.1, 0.15) is 6.92 Å². The fourth-order valence-electron chi connectivity index (χ4n) is 3.91. The molecular weight excluding hydrogens is 559 g/mol. The zero-order chi connectivity index (χ0) is 27.5. The number of hydrogen-bond donors (Lipinski definition) is 1. The maximum Gasteiger partial charge on any atom is 0.312 e. The molecule has 2 aromatic carbocycles. The fourth-order valence-corrected chi connectivity index (χ4v) is 8.88. The molecule has 0 bridgehead atoms. The number of β-lactam (4-membered cyclic amide) rings is 1. The van der Waals surface area contributed by atoms with Crippen LogP contribution in [-0.2, 0) is 18.8 Å². The lowest BCUT2D eigenvalue weighted by Crippen LogP contribution is -2.80. The molecule has 2 atom stereocenters. The van der Waals surface area contributed by atoms with Crippen molar-refractivity contribution < 1.29 is 23.5 Å². The summed E-state index contributed by atoms with van der Waals surface area (Å²) in [7, 11) is 0.600. The lowest BCUT2D eigenvalue weighted by Gasteiger charge is -2.55. The van der Waals surface area contributed by atoms with Gasteiger partial charge in [-0.2, -0.15) is 0 Å². The van der Waals surface area contributed by atoms with Crippen molar-refractivity contribution in [3.8, 4) is 5.75 Å². The monoisotopic (exact) mass is 587 g/mol. The van der Waals surface area contributed by atoms with Gasteiger partial charge >= 0.3 is 5.97 Å². The molecule has 4 rings (SSSR count). The highest BCUT2D eigenvalue weighted by molar-refractivity contribution is 8.77. The van der Waals surface area contributed by atoms with Gasteiger partial charge in [0.05, 0.1) is 10.2 Å². The van der Waals surface area contributed by atoms with Crippen molar-refractivity contribution >= 4 is 69.2 Å². The van der Waals surface area contributed by atoms with Crippen LogP contribution < -0.4 is 10.1 Å². The summed E-state index contributed by atoms with van der Waals surface area (Å²) in [4.78, 5) is 45.3. The summed E-state index contributed by atoms with van der Waals surface area (Å²) in [6.45, 7) is 11.0. The van der Waals surface area contributed by atoms with E-state index < -0.39 is 37.0 Å². The number of ether oxygens (including phenoxy) is 1. The molecule has 1 saturated heterocycles. The number of fused-ring (bicyclic) bond motifs is 1. The highest BCUT2D eigenvalue weighted by Crippen LogP contribution is 2.50. The summed E-state index contributed by atoms with van der Waals surface area (Å²) < 4.78 is 13.0. The first-order chi connectivity index (χ1) is 18.0. The smallest absolute Gasteiger partial charge is 0.312 e. The first kappa shape index (κ1) is 28.2. The van der Waals surface area contributed by atoms with E-state index in [4.69, 9.17) is 9.16 Å². The molecule has 1 aliphatic heterocycles. The van der Waals surface area contributed by atoms with E-state index >= 15 is 0 Å². The van der Waals surface area contributed by atoms with Crippen molar-refractivity contribution in [3.05, 3.63) is 66.7 Å². The minimum atomic E-state index is -2.15. The maximum absolute atomic E-state index is 13.6. The van der Waals surface area contributed by atoms with Gasteiger partial charge in [0, 0.05) is 0 Å². The van der Waals surface area contributed by atoms with Gasteiger partial charge in [-0.3, -0.25) is 14.4 Å². The Hall–Kier alpha value is -2.80. The summed E-state index contributed by atoms with van der Waals surface area (Å²) in [5.74, 6) is -0.805. The van der Waals surface area contributed by atoms with E-state index in [0.29, 0.717) is 11.3 Å². The van der Waals surface area contributed by atoms with Crippen LogP contribution in [0.5, 0.6) is 5.75 Å². The number of hydrogen-bond acceptors (Lipinski definition) is 9. The average Bonchev–Trinajstić information content (AvgIpc) is 3.28. The van der Waals surface area contributed by atoms with Crippen molar-refractivity contribution in [1.82, 2.24) is 15.2 Å². The number of amides is 2. The second-order valence-corrected chi connectivity index (χ2v) is 17.7. The van der Waals surface area contributed by atoms with Gasteiger partial charge in [-0.05, 0) is 67.2 Å². The number of aromatic nitrogens is 1. The first-order valence-corrected chi connectivity index (χ1v) is 18.3. The normalized spacial score (nSPS) is 19.1. The van der Waals surface area contributed by atoms with Crippen LogP contribution in [0.25, 0.3) is 10.2 Å². The van der Waals surface area contributed by atoms with E-state index in [-0.39, 0.29) is 13.2 Å². The molecule has 1 aromatic heterocycles. The van der Waals surface area contributed by atoms with Crippen molar-refractivity contribution in [2.24, 2.45) is 0 Å². The van der Waals surface area contributed by atoms with Crippen molar-refractivity contribution in [2.75, 3.05) is 13.2 Å². The van der Waals surface area contributed by atoms with Crippen LogP contribution in [0.2, 0.25) is 19.6 Å². The largest absolute Gasteiger partial charge is 0.519 e. The molecule has 0 aliphatic carbocycles. The third kappa shape index (κ3) is 6.25. The minimum absolute atomic E-state index is 0.216. The summed E-state index contributed by atoms with van der Waals surface area (Å²) in [5, 5.41) is 2.25. The van der Waals surface area contributed by atoms with Crippen molar-refractivity contribution in [1.29, 1.82) is 0 Å². The van der Waals surface area contributed by atoms with Crippen LogP contribution in [0, 0.1) is 0 Å². The number of benzene rings is 2. The van der Waals surface area contributed by atoms with Gasteiger partial charge in [-0.1, -0.05) is 47.7 Å². The van der Waals surface area contributed by atoms with E-state index in [9.17, 15) is 14.4 Å². The molecule has 1 fully saturated rings. The van der Waals surface area contributed by atoms with E-state index in [1.54, 1.807) is 31.2 Å². The number of para-hydroxylation sites is 2. The summed E-state index contributed by atoms with van der Waals surface area (Å²) in [6.07, 6.45) is 0. The van der Waals surface area contributed by atoms with Gasteiger partial charge in [-0.15, -0.1) is 11.3 Å². The first-order valence-electron chi connectivity index (χ1n) is 11.9. The number of thiazole rings is 1. The molecule has 0 saturated carbocycles. The van der Waals surface area contributed by atoms with Gasteiger partial charge in [0.25, 0.3) is 11.8 Å². The van der Waals surface area contributed by atoms with Crippen LogP contribution in [-0.4, -0.2) is 60.0 Å². The molecule has 1 aliphatic rings. The quantitative estimate of drug-likeness (QED) is 0.143. The molecule has 0 spiro atoms. The fraction of sp³-hybridized carbons (Fsp3) is 0.308. The zero-order valence-corrected chi connectivity index (χ0v) is 25.0. The third-order valence-electron chi connectivity index (χ3n) is 5.58. The Balaban J connectivity index is 1.54. The summed E-state index contributed by atoms with van der Waals surface area (Å²) >= 11 is 1.54. The Kier molecular flexibility index (Phi) is 8.55. The van der Waals surface area contributed by atoms with Gasteiger partial charge in [-0.25, -0.2) is 4.98 Å². The Morgan fingerprint density at radius 2 is 1.84 bits per heavy atom. The van der Waals surface area contributed by atoms with E-state index in [1.165, 1.54) is 37.8 Å². The third-order valence-corrected chi connectivity index (χ3v) is 10.5. The molecule has 2 unspecified atom stereocenters. The Morgan fingerprint density at radius 1 is 1.16 bits per heavy atom. The minimum Gasteiger partial charge on any atom is -0.519 e. The standard InChI is InChI=1S/C26H29N3O5S3Si/c1-17(2)26(28-21(30)16-33-18-11-7-6-8-12-18)23(32)29(15-22(31)34-38(3,4)5)24(26)36-37-25-27-19-13-9-10-14-20(19)35-25/h6-14,24H,1,15-16H2,2-5H3,(H,28,30). The summed E-state index contributed by atoms with van der Waals surface area (Å²) in [6, 6.07) is 16.8. The predicted molar refractivity (Wildman–Crippen MR) is 156 cm³/mol. The Labute approximate surface area is 234 Å². The van der Waals surface area contributed by atoms with Crippen molar-refractivity contribution in [3.63, 3.8) is 0 Å². The maximum atomic E-state index is 13.6. The highest BCUT2D eigenvalue weighted by Gasteiger charge is 2.63. The van der Waals surface area contributed by atoms with E-state index in [0.717, 1.165) is 14.6 Å². The van der Waals surface area contributed by atoms with Crippen LogP contribution >= 0.6 is 32.9 Å². The molecule has 2 heterocycles. The Bertz CT molecular complexity index is 1330. The van der Waals surface area contributed by atoms with E-state index in [1.807, 2.05) is 50.0 Å². The lowest BCUT2D eigenvalue weighted by molar-refractivity contribution is -0.160. The molecule has 200 valence electrons. The summed E-state index contributed by atoms with van der Waals surface area (Å²) in [5.41, 5.74) is -0.0450. The molecule has 0 radical (unpaired) electrons.